The van der Waals surface area contributed by atoms with Crippen LogP contribution in [-0.4, -0.2) is 22.4 Å². The van der Waals surface area contributed by atoms with Crippen LogP contribution in [0, 0.1) is 11.6 Å². The van der Waals surface area contributed by atoms with E-state index in [2.05, 4.69) is 20.6 Å². The number of halogens is 3. The Balaban J connectivity index is 1.54. The lowest BCUT2D eigenvalue weighted by molar-refractivity contribution is 0.0953. The van der Waals surface area contributed by atoms with Gasteiger partial charge in [-0.15, -0.1) is 0 Å². The van der Waals surface area contributed by atoms with Crippen molar-refractivity contribution in [2.24, 2.45) is 0 Å². The number of benzene rings is 2. The summed E-state index contributed by atoms with van der Waals surface area (Å²) in [5.41, 5.74) is 1.37. The van der Waals surface area contributed by atoms with Crippen LogP contribution in [-0.2, 0) is 6.42 Å². The second-order valence-electron chi connectivity index (χ2n) is 5.68. The molecule has 0 spiro atoms. The van der Waals surface area contributed by atoms with Crippen LogP contribution < -0.4 is 10.6 Å². The third-order valence-electron chi connectivity index (χ3n) is 3.70. The van der Waals surface area contributed by atoms with E-state index in [4.69, 9.17) is 11.6 Å². The van der Waals surface area contributed by atoms with Gasteiger partial charge in [0.2, 0.25) is 5.95 Å². The van der Waals surface area contributed by atoms with Gasteiger partial charge < -0.3 is 10.6 Å². The Kier molecular flexibility index (Phi) is 5.93. The number of anilines is 2. The molecule has 0 fully saturated rings. The molecule has 0 bridgehead atoms. The molecule has 0 saturated carbocycles. The van der Waals surface area contributed by atoms with Gasteiger partial charge in [-0.3, -0.25) is 4.79 Å². The molecule has 0 atom stereocenters. The number of rotatable bonds is 6. The second-order valence-corrected chi connectivity index (χ2v) is 6.11. The van der Waals surface area contributed by atoms with Crippen LogP contribution in [0.5, 0.6) is 0 Å². The van der Waals surface area contributed by atoms with Crippen molar-refractivity contribution in [2.45, 2.75) is 6.42 Å². The van der Waals surface area contributed by atoms with Gasteiger partial charge in [-0.05, 0) is 36.2 Å². The van der Waals surface area contributed by atoms with Crippen molar-refractivity contribution in [1.29, 1.82) is 0 Å². The largest absolute Gasteiger partial charge is 0.352 e. The van der Waals surface area contributed by atoms with Crippen LogP contribution in [0.1, 0.15) is 15.9 Å². The third kappa shape index (κ3) is 5.21. The van der Waals surface area contributed by atoms with Gasteiger partial charge in [0.1, 0.15) is 11.6 Å². The zero-order chi connectivity index (χ0) is 19.2. The third-order valence-corrected chi connectivity index (χ3v) is 3.96. The van der Waals surface area contributed by atoms with E-state index < -0.39 is 11.6 Å². The van der Waals surface area contributed by atoms with Crippen molar-refractivity contribution in [1.82, 2.24) is 15.3 Å². The first-order chi connectivity index (χ1) is 13.0. The zero-order valence-corrected chi connectivity index (χ0v) is 14.8. The molecule has 8 heteroatoms. The molecule has 1 amide bonds. The van der Waals surface area contributed by atoms with Crippen LogP contribution in [0.25, 0.3) is 0 Å². The first kappa shape index (κ1) is 18.7. The molecule has 3 rings (SSSR count). The molecule has 2 N–H and O–H groups in total. The standard InChI is InChI=1S/C19H15ClF2N4O/c20-14-3-1-12(2-4-14)7-8-23-18(27)13-10-24-19(25-11-13)26-17-6-5-15(21)9-16(17)22/h1-6,9-11H,7-8H2,(H,23,27)(H,24,25,26). The van der Waals surface area contributed by atoms with E-state index in [0.717, 1.165) is 17.7 Å². The SMILES string of the molecule is O=C(NCCc1ccc(Cl)cc1)c1cnc(Nc2ccc(F)cc2F)nc1. The average molecular weight is 389 g/mol. The molecular weight excluding hydrogens is 374 g/mol. The highest BCUT2D eigenvalue weighted by molar-refractivity contribution is 6.30. The summed E-state index contributed by atoms with van der Waals surface area (Å²) in [6.07, 6.45) is 3.32. The molecule has 138 valence electrons. The molecule has 3 aromatic rings. The number of nitrogens with one attached hydrogen (secondary N) is 2. The van der Waals surface area contributed by atoms with Gasteiger partial charge in [0.25, 0.3) is 5.91 Å². The lowest BCUT2D eigenvalue weighted by Gasteiger charge is -2.08. The molecule has 27 heavy (non-hydrogen) atoms. The van der Waals surface area contributed by atoms with Gasteiger partial charge >= 0.3 is 0 Å². The van der Waals surface area contributed by atoms with Gasteiger partial charge in [-0.2, -0.15) is 0 Å². The maximum Gasteiger partial charge on any atom is 0.254 e. The summed E-state index contributed by atoms with van der Waals surface area (Å²) in [7, 11) is 0. The Morgan fingerprint density at radius 1 is 1.04 bits per heavy atom. The van der Waals surface area contributed by atoms with E-state index in [1.54, 1.807) is 12.1 Å². The molecular formula is C19H15ClF2N4O. The molecule has 0 radical (unpaired) electrons. The van der Waals surface area contributed by atoms with E-state index in [0.29, 0.717) is 18.0 Å². The Labute approximate surface area is 159 Å². The van der Waals surface area contributed by atoms with Gasteiger partial charge in [-0.25, -0.2) is 18.7 Å². The highest BCUT2D eigenvalue weighted by Gasteiger charge is 2.09. The van der Waals surface area contributed by atoms with Crippen LogP contribution in [0.15, 0.2) is 54.9 Å². The monoisotopic (exact) mass is 388 g/mol. The summed E-state index contributed by atoms with van der Waals surface area (Å²) in [4.78, 5) is 20.1. The number of carbonyl (C=O) groups is 1. The smallest absolute Gasteiger partial charge is 0.254 e. The summed E-state index contributed by atoms with van der Waals surface area (Å²) in [5, 5.41) is 6.06. The van der Waals surface area contributed by atoms with Gasteiger partial charge in [-0.1, -0.05) is 23.7 Å². The molecule has 0 aliphatic carbocycles. The minimum absolute atomic E-state index is 0.0385. The number of amides is 1. The molecule has 1 heterocycles. The van der Waals surface area contributed by atoms with Crippen molar-refractivity contribution in [3.05, 3.63) is 82.6 Å². The van der Waals surface area contributed by atoms with Crippen molar-refractivity contribution >= 4 is 29.1 Å². The summed E-state index contributed by atoms with van der Waals surface area (Å²) in [5.74, 6) is -1.66. The van der Waals surface area contributed by atoms with Crippen molar-refractivity contribution in [2.75, 3.05) is 11.9 Å². The molecule has 0 aliphatic heterocycles. The number of aromatic nitrogens is 2. The quantitative estimate of drug-likeness (QED) is 0.666. The highest BCUT2D eigenvalue weighted by Crippen LogP contribution is 2.18. The predicted octanol–water partition coefficient (Wildman–Crippen LogP) is 4.12. The minimum atomic E-state index is -0.761. The Morgan fingerprint density at radius 3 is 2.41 bits per heavy atom. The summed E-state index contributed by atoms with van der Waals surface area (Å²) in [6.45, 7) is 0.446. The minimum Gasteiger partial charge on any atom is -0.352 e. The fourth-order valence-corrected chi connectivity index (χ4v) is 2.42. The first-order valence-corrected chi connectivity index (χ1v) is 8.46. The lowest BCUT2D eigenvalue weighted by Crippen LogP contribution is -2.26. The van der Waals surface area contributed by atoms with Gasteiger partial charge in [0, 0.05) is 30.0 Å². The number of nitrogens with zero attached hydrogens (tertiary/aromatic N) is 2. The van der Waals surface area contributed by atoms with E-state index >= 15 is 0 Å². The molecule has 0 aliphatic rings. The first-order valence-electron chi connectivity index (χ1n) is 8.08. The van der Waals surface area contributed by atoms with Crippen molar-refractivity contribution in [3.8, 4) is 0 Å². The molecule has 2 aromatic carbocycles. The maximum absolute atomic E-state index is 13.6. The molecule has 0 unspecified atom stereocenters. The number of carbonyl (C=O) groups excluding carboxylic acids is 1. The zero-order valence-electron chi connectivity index (χ0n) is 14.0. The Bertz CT molecular complexity index is 933. The fraction of sp³-hybridized carbons (Fsp3) is 0.105. The van der Waals surface area contributed by atoms with Crippen LogP contribution in [0.4, 0.5) is 20.4 Å². The topological polar surface area (TPSA) is 66.9 Å². The van der Waals surface area contributed by atoms with E-state index in [9.17, 15) is 13.6 Å². The summed E-state index contributed by atoms with van der Waals surface area (Å²) in [6, 6.07) is 10.5. The fourth-order valence-electron chi connectivity index (χ4n) is 2.29. The maximum atomic E-state index is 13.6. The number of hydrogen-bond acceptors (Lipinski definition) is 4. The average Bonchev–Trinajstić information content (AvgIpc) is 2.66. The van der Waals surface area contributed by atoms with Crippen LogP contribution in [0.3, 0.4) is 0 Å². The van der Waals surface area contributed by atoms with Crippen molar-refractivity contribution in [3.63, 3.8) is 0 Å². The van der Waals surface area contributed by atoms with Crippen LogP contribution >= 0.6 is 11.6 Å². The van der Waals surface area contributed by atoms with Crippen LogP contribution in [0.2, 0.25) is 5.02 Å². The Hall–Kier alpha value is -3.06. The predicted molar refractivity (Wildman–Crippen MR) is 99.2 cm³/mol. The number of hydrogen-bond donors (Lipinski definition) is 2. The lowest BCUT2D eigenvalue weighted by atomic mass is 10.1. The Morgan fingerprint density at radius 2 is 1.74 bits per heavy atom. The van der Waals surface area contributed by atoms with E-state index in [1.807, 2.05) is 12.1 Å². The molecule has 0 saturated heterocycles. The second kappa shape index (κ2) is 8.55. The normalized spacial score (nSPS) is 10.5. The highest BCUT2D eigenvalue weighted by atomic mass is 35.5. The van der Waals surface area contributed by atoms with E-state index in [-0.39, 0.29) is 23.1 Å². The molecule has 1 aromatic heterocycles. The summed E-state index contributed by atoms with van der Waals surface area (Å²) < 4.78 is 26.5. The molecule has 5 nitrogen and oxygen atoms in total. The van der Waals surface area contributed by atoms with Gasteiger partial charge in [0.15, 0.2) is 0 Å². The van der Waals surface area contributed by atoms with E-state index in [1.165, 1.54) is 18.5 Å². The van der Waals surface area contributed by atoms with Crippen molar-refractivity contribution < 1.29 is 13.6 Å². The summed E-state index contributed by atoms with van der Waals surface area (Å²) >= 11 is 5.83. The van der Waals surface area contributed by atoms with Gasteiger partial charge in [0.05, 0.1) is 11.3 Å².